The number of rotatable bonds is 7. The summed E-state index contributed by atoms with van der Waals surface area (Å²) in [6.45, 7) is 2.18. The molecule has 1 fully saturated rings. The Hall–Kier alpha value is -2.32. The molecule has 3 aromatic rings. The smallest absolute Gasteiger partial charge is 0.234 e. The van der Waals surface area contributed by atoms with Gasteiger partial charge in [0.25, 0.3) is 0 Å². The van der Waals surface area contributed by atoms with Gasteiger partial charge in [-0.05, 0) is 50.1 Å². The van der Waals surface area contributed by atoms with Crippen molar-refractivity contribution >= 4 is 40.1 Å². The highest BCUT2D eigenvalue weighted by Crippen LogP contribution is 2.28. The van der Waals surface area contributed by atoms with E-state index in [-0.39, 0.29) is 19.1 Å². The summed E-state index contributed by atoms with van der Waals surface area (Å²) in [5.74, 6) is 1.33. The van der Waals surface area contributed by atoms with E-state index in [2.05, 4.69) is 15.2 Å². The van der Waals surface area contributed by atoms with Crippen LogP contribution < -0.4 is 10.1 Å². The number of benzene rings is 2. The number of fused-ring (bicyclic) bond motifs is 1. The van der Waals surface area contributed by atoms with E-state index in [0.717, 1.165) is 29.8 Å². The molecule has 1 aromatic heterocycles. The Balaban J connectivity index is 1.26. The zero-order chi connectivity index (χ0) is 23.4. The lowest BCUT2D eigenvalue weighted by molar-refractivity contribution is -0.122. The maximum atomic E-state index is 12.6. The number of aryl methyl sites for hydroxylation is 1. The van der Waals surface area contributed by atoms with Gasteiger partial charge in [-0.25, -0.2) is 4.98 Å². The van der Waals surface area contributed by atoms with Crippen LogP contribution in [0.4, 0.5) is 0 Å². The summed E-state index contributed by atoms with van der Waals surface area (Å²) in [4.78, 5) is 19.2. The molecular formula is C24H28Cl2N4O3. The molecular weight excluding hydrogens is 463 g/mol. The molecule has 0 aliphatic carbocycles. The fourth-order valence-electron chi connectivity index (χ4n) is 4.11. The summed E-state index contributed by atoms with van der Waals surface area (Å²) in [7, 11) is 1.95. The number of hydrogen-bond acceptors (Lipinski definition) is 5. The first-order valence-electron chi connectivity index (χ1n) is 11.0. The van der Waals surface area contributed by atoms with E-state index in [0.29, 0.717) is 41.7 Å². The second-order valence-electron chi connectivity index (χ2n) is 8.57. The van der Waals surface area contributed by atoms with Crippen LogP contribution in [-0.2, 0) is 18.4 Å². The predicted molar refractivity (Wildman–Crippen MR) is 130 cm³/mol. The molecule has 7 nitrogen and oxygen atoms in total. The first-order chi connectivity index (χ1) is 15.8. The zero-order valence-electron chi connectivity index (χ0n) is 18.6. The minimum Gasteiger partial charge on any atom is -0.491 e. The minimum absolute atomic E-state index is 0.0560. The predicted octanol–water partition coefficient (Wildman–Crippen LogP) is 3.79. The van der Waals surface area contributed by atoms with Crippen LogP contribution in [0.1, 0.15) is 25.1 Å². The van der Waals surface area contributed by atoms with Gasteiger partial charge < -0.3 is 19.7 Å². The van der Waals surface area contributed by atoms with E-state index < -0.39 is 5.60 Å². The average Bonchev–Trinajstić information content (AvgIpc) is 3.00. The zero-order valence-corrected chi connectivity index (χ0v) is 20.1. The van der Waals surface area contributed by atoms with Crippen LogP contribution in [0, 0.1) is 0 Å². The maximum Gasteiger partial charge on any atom is 0.234 e. The Bertz CT molecular complexity index is 1140. The van der Waals surface area contributed by atoms with Crippen LogP contribution in [0.15, 0.2) is 42.5 Å². The number of imidazole rings is 1. The van der Waals surface area contributed by atoms with Crippen molar-refractivity contribution in [3.8, 4) is 5.75 Å². The van der Waals surface area contributed by atoms with Crippen molar-refractivity contribution in [2.45, 2.75) is 31.4 Å². The molecule has 1 amide bonds. The number of aliphatic hydroxyl groups is 1. The monoisotopic (exact) mass is 490 g/mol. The highest BCUT2D eigenvalue weighted by atomic mass is 35.5. The van der Waals surface area contributed by atoms with Crippen molar-refractivity contribution in [1.82, 2.24) is 19.8 Å². The lowest BCUT2D eigenvalue weighted by Crippen LogP contribution is -2.40. The van der Waals surface area contributed by atoms with Crippen LogP contribution in [0.25, 0.3) is 11.0 Å². The van der Waals surface area contributed by atoms with Crippen molar-refractivity contribution in [2.75, 3.05) is 26.2 Å². The molecule has 33 heavy (non-hydrogen) atoms. The van der Waals surface area contributed by atoms with Crippen molar-refractivity contribution in [2.24, 2.45) is 7.05 Å². The summed E-state index contributed by atoms with van der Waals surface area (Å²) in [6, 6.07) is 12.9. The van der Waals surface area contributed by atoms with Crippen LogP contribution in [0.3, 0.4) is 0 Å². The van der Waals surface area contributed by atoms with Crippen molar-refractivity contribution in [1.29, 1.82) is 0 Å². The van der Waals surface area contributed by atoms with Gasteiger partial charge in [-0.1, -0.05) is 35.3 Å². The van der Waals surface area contributed by atoms with E-state index in [1.807, 2.05) is 35.9 Å². The minimum atomic E-state index is -0.954. The third-order valence-electron chi connectivity index (χ3n) is 6.10. The van der Waals surface area contributed by atoms with Crippen molar-refractivity contribution in [3.63, 3.8) is 0 Å². The molecule has 2 N–H and O–H groups in total. The number of aromatic nitrogens is 2. The molecule has 1 aliphatic heterocycles. The Morgan fingerprint density at radius 2 is 2.00 bits per heavy atom. The number of hydrogen-bond donors (Lipinski definition) is 2. The number of ether oxygens (including phenoxy) is 1. The molecule has 1 saturated heterocycles. The summed E-state index contributed by atoms with van der Waals surface area (Å²) < 4.78 is 7.78. The van der Waals surface area contributed by atoms with Crippen LogP contribution >= 0.6 is 23.2 Å². The standard InChI is InChI=1S/C24H28Cl2N4O3/c1-29-21-6-3-2-5-20(21)28-22(29)14-27-23(31)15-30-11-4-9-24(32,10-12-30)16-33-17-7-8-18(25)19(26)13-17/h2-3,5-8,13,32H,4,9-12,14-16H2,1H3,(H,27,31). The van der Waals surface area contributed by atoms with Gasteiger partial charge in [-0.2, -0.15) is 0 Å². The van der Waals surface area contributed by atoms with E-state index in [4.69, 9.17) is 27.9 Å². The number of carbonyl (C=O) groups excluding carboxylic acids is 1. The molecule has 0 saturated carbocycles. The topological polar surface area (TPSA) is 79.6 Å². The summed E-state index contributed by atoms with van der Waals surface area (Å²) >= 11 is 12.0. The Morgan fingerprint density at radius 3 is 2.79 bits per heavy atom. The molecule has 176 valence electrons. The Morgan fingerprint density at radius 1 is 1.18 bits per heavy atom. The highest BCUT2D eigenvalue weighted by molar-refractivity contribution is 6.42. The van der Waals surface area contributed by atoms with Crippen molar-refractivity contribution in [3.05, 3.63) is 58.3 Å². The fourth-order valence-corrected chi connectivity index (χ4v) is 4.40. The second-order valence-corrected chi connectivity index (χ2v) is 9.39. The number of nitrogens with one attached hydrogen (secondary N) is 1. The van der Waals surface area contributed by atoms with Crippen molar-refractivity contribution < 1.29 is 14.6 Å². The first-order valence-corrected chi connectivity index (χ1v) is 11.8. The third kappa shape index (κ3) is 5.98. The molecule has 9 heteroatoms. The first kappa shape index (κ1) is 23.8. The SMILES string of the molecule is Cn1c(CNC(=O)CN2CCCC(O)(COc3ccc(Cl)c(Cl)c3)CC2)nc2ccccc21. The third-order valence-corrected chi connectivity index (χ3v) is 6.84. The van der Waals surface area contributed by atoms with Gasteiger partial charge in [-0.3, -0.25) is 9.69 Å². The highest BCUT2D eigenvalue weighted by Gasteiger charge is 2.31. The fraction of sp³-hybridized carbons (Fsp3) is 0.417. The molecule has 0 bridgehead atoms. The summed E-state index contributed by atoms with van der Waals surface area (Å²) in [5, 5.41) is 14.9. The van der Waals surface area contributed by atoms with Gasteiger partial charge >= 0.3 is 0 Å². The van der Waals surface area contributed by atoms with E-state index >= 15 is 0 Å². The number of nitrogens with zero attached hydrogens (tertiary/aromatic N) is 3. The van der Waals surface area contributed by atoms with Crippen LogP contribution in [-0.4, -0.2) is 57.3 Å². The molecule has 4 rings (SSSR count). The van der Waals surface area contributed by atoms with Crippen LogP contribution in [0.5, 0.6) is 5.75 Å². The number of amides is 1. The Labute approximate surface area is 203 Å². The quantitative estimate of drug-likeness (QED) is 0.526. The van der Waals surface area contributed by atoms with Gasteiger partial charge in [0, 0.05) is 19.7 Å². The molecule has 0 spiro atoms. The lowest BCUT2D eigenvalue weighted by atomic mass is 9.96. The number of carbonyl (C=O) groups is 1. The van der Waals surface area contributed by atoms with Gasteiger partial charge in [0.15, 0.2) is 0 Å². The molecule has 2 aromatic carbocycles. The van der Waals surface area contributed by atoms with E-state index in [1.165, 1.54) is 0 Å². The summed E-state index contributed by atoms with van der Waals surface area (Å²) in [5.41, 5.74) is 1.00. The second kappa shape index (κ2) is 10.3. The Kier molecular flexibility index (Phi) is 7.44. The van der Waals surface area contributed by atoms with E-state index in [1.54, 1.807) is 18.2 Å². The summed E-state index contributed by atoms with van der Waals surface area (Å²) in [6.07, 6.45) is 1.90. The van der Waals surface area contributed by atoms with Gasteiger partial charge in [0.1, 0.15) is 18.2 Å². The normalized spacial score (nSPS) is 19.4. The molecule has 1 unspecified atom stereocenters. The molecule has 1 atom stereocenters. The lowest BCUT2D eigenvalue weighted by Gasteiger charge is -2.27. The van der Waals surface area contributed by atoms with Crippen LogP contribution in [0.2, 0.25) is 10.0 Å². The van der Waals surface area contributed by atoms with Gasteiger partial charge in [-0.15, -0.1) is 0 Å². The molecule has 2 heterocycles. The largest absolute Gasteiger partial charge is 0.491 e. The maximum absolute atomic E-state index is 12.6. The number of likely N-dealkylation sites (tertiary alicyclic amines) is 1. The van der Waals surface area contributed by atoms with Gasteiger partial charge in [0.05, 0.1) is 39.8 Å². The number of para-hydroxylation sites is 2. The van der Waals surface area contributed by atoms with E-state index in [9.17, 15) is 9.90 Å². The molecule has 0 radical (unpaired) electrons. The molecule has 1 aliphatic rings. The average molecular weight is 491 g/mol. The van der Waals surface area contributed by atoms with Gasteiger partial charge in [0.2, 0.25) is 5.91 Å². The number of halogens is 2.